The molecule has 3 aromatic rings. The molecule has 29 heavy (non-hydrogen) atoms. The van der Waals surface area contributed by atoms with Crippen LogP contribution in [0.5, 0.6) is 0 Å². The van der Waals surface area contributed by atoms with Gasteiger partial charge in [0.1, 0.15) is 11.2 Å². The van der Waals surface area contributed by atoms with Gasteiger partial charge in [0.05, 0.1) is 0 Å². The van der Waals surface area contributed by atoms with Gasteiger partial charge in [0, 0.05) is 30.3 Å². The number of halogens is 1. The second-order valence-electron chi connectivity index (χ2n) is 6.82. The zero-order valence-corrected chi connectivity index (χ0v) is 17.4. The first kappa shape index (κ1) is 19.7. The third kappa shape index (κ3) is 3.79. The van der Waals surface area contributed by atoms with E-state index in [2.05, 4.69) is 15.2 Å². The molecule has 4 rings (SSSR count). The number of aromatic nitrogens is 3. The van der Waals surface area contributed by atoms with Gasteiger partial charge in [-0.25, -0.2) is 9.78 Å². The van der Waals surface area contributed by atoms with Crippen LogP contribution >= 0.6 is 22.9 Å². The number of amides is 1. The van der Waals surface area contributed by atoms with E-state index in [1.807, 2.05) is 0 Å². The quantitative estimate of drug-likeness (QED) is 0.667. The van der Waals surface area contributed by atoms with Crippen molar-refractivity contribution in [2.45, 2.75) is 32.9 Å². The SMILES string of the molecule is CCn1c(=O)c2sc(N3CCCC3)nc2n(CC(=O)Nc2ccc(Cl)cc2)c1=O. The number of thiazole rings is 1. The van der Waals surface area contributed by atoms with Gasteiger partial charge in [-0.2, -0.15) is 0 Å². The lowest BCUT2D eigenvalue weighted by molar-refractivity contribution is -0.116. The number of fused-ring (bicyclic) bond motifs is 1. The molecule has 3 heterocycles. The summed E-state index contributed by atoms with van der Waals surface area (Å²) in [5.74, 6) is -0.382. The summed E-state index contributed by atoms with van der Waals surface area (Å²) in [4.78, 5) is 44.9. The number of benzene rings is 1. The Morgan fingerprint density at radius 3 is 2.52 bits per heavy atom. The fourth-order valence-corrected chi connectivity index (χ4v) is 4.61. The number of hydrogen-bond donors (Lipinski definition) is 1. The lowest BCUT2D eigenvalue weighted by Crippen LogP contribution is -2.41. The molecule has 1 aliphatic rings. The molecule has 0 saturated carbocycles. The molecule has 0 bridgehead atoms. The second-order valence-corrected chi connectivity index (χ2v) is 8.23. The third-order valence-electron chi connectivity index (χ3n) is 4.88. The first-order valence-electron chi connectivity index (χ1n) is 9.42. The van der Waals surface area contributed by atoms with Gasteiger partial charge in [-0.15, -0.1) is 0 Å². The number of nitrogens with one attached hydrogen (secondary N) is 1. The molecule has 0 atom stereocenters. The van der Waals surface area contributed by atoms with E-state index in [0.717, 1.165) is 35.6 Å². The second kappa shape index (κ2) is 8.00. The zero-order valence-electron chi connectivity index (χ0n) is 15.9. The van der Waals surface area contributed by atoms with Crippen LogP contribution in [0.25, 0.3) is 10.3 Å². The van der Waals surface area contributed by atoms with Crippen molar-refractivity contribution >= 4 is 50.0 Å². The Hall–Kier alpha value is -2.65. The van der Waals surface area contributed by atoms with Crippen LogP contribution in [0.4, 0.5) is 10.8 Å². The monoisotopic (exact) mass is 433 g/mol. The minimum atomic E-state index is -0.533. The molecule has 1 aromatic carbocycles. The van der Waals surface area contributed by atoms with Crippen LogP contribution in [-0.2, 0) is 17.9 Å². The fraction of sp³-hybridized carbons (Fsp3) is 0.368. The van der Waals surface area contributed by atoms with Crippen molar-refractivity contribution < 1.29 is 4.79 Å². The van der Waals surface area contributed by atoms with Gasteiger partial charge >= 0.3 is 5.69 Å². The average molecular weight is 434 g/mol. The Balaban J connectivity index is 1.73. The first-order chi connectivity index (χ1) is 14.0. The van der Waals surface area contributed by atoms with Crippen molar-refractivity contribution in [1.82, 2.24) is 14.1 Å². The maximum atomic E-state index is 12.9. The van der Waals surface area contributed by atoms with E-state index in [1.165, 1.54) is 15.9 Å². The van der Waals surface area contributed by atoms with E-state index >= 15 is 0 Å². The van der Waals surface area contributed by atoms with Gasteiger partial charge in [-0.3, -0.25) is 18.7 Å². The van der Waals surface area contributed by atoms with Crippen molar-refractivity contribution in [2.75, 3.05) is 23.3 Å². The Morgan fingerprint density at radius 1 is 1.17 bits per heavy atom. The highest BCUT2D eigenvalue weighted by Crippen LogP contribution is 2.28. The minimum Gasteiger partial charge on any atom is -0.348 e. The lowest BCUT2D eigenvalue weighted by Gasteiger charge is -2.12. The fourth-order valence-electron chi connectivity index (χ4n) is 3.41. The molecule has 1 aliphatic heterocycles. The topological polar surface area (TPSA) is 89.2 Å². The zero-order chi connectivity index (χ0) is 20.5. The summed E-state index contributed by atoms with van der Waals surface area (Å²) in [6.45, 7) is 3.48. The van der Waals surface area contributed by atoms with Gasteiger partial charge in [0.15, 0.2) is 10.8 Å². The lowest BCUT2D eigenvalue weighted by atomic mass is 10.3. The average Bonchev–Trinajstić information content (AvgIpc) is 3.37. The highest BCUT2D eigenvalue weighted by Gasteiger charge is 2.22. The molecule has 10 heteroatoms. The predicted octanol–water partition coefficient (Wildman–Crippen LogP) is 2.53. The Bertz CT molecular complexity index is 1180. The Kier molecular flexibility index (Phi) is 5.42. The summed E-state index contributed by atoms with van der Waals surface area (Å²) in [5, 5.41) is 4.02. The molecule has 8 nitrogen and oxygen atoms in total. The summed E-state index contributed by atoms with van der Waals surface area (Å²) in [7, 11) is 0. The van der Waals surface area contributed by atoms with E-state index in [9.17, 15) is 14.4 Å². The largest absolute Gasteiger partial charge is 0.348 e. The van der Waals surface area contributed by atoms with Gasteiger partial charge in [0.2, 0.25) is 5.91 Å². The molecule has 0 aliphatic carbocycles. The Morgan fingerprint density at radius 2 is 1.86 bits per heavy atom. The van der Waals surface area contributed by atoms with Crippen LogP contribution in [-0.4, -0.2) is 33.1 Å². The first-order valence-corrected chi connectivity index (χ1v) is 10.6. The maximum Gasteiger partial charge on any atom is 0.333 e. The van der Waals surface area contributed by atoms with Gasteiger partial charge in [-0.05, 0) is 44.0 Å². The summed E-state index contributed by atoms with van der Waals surface area (Å²) >= 11 is 7.15. The van der Waals surface area contributed by atoms with Crippen molar-refractivity contribution in [1.29, 1.82) is 0 Å². The molecular formula is C19H20ClN5O3S. The number of anilines is 2. The van der Waals surface area contributed by atoms with Crippen LogP contribution in [0.15, 0.2) is 33.9 Å². The number of carbonyl (C=O) groups is 1. The molecule has 1 saturated heterocycles. The molecule has 1 fully saturated rings. The highest BCUT2D eigenvalue weighted by atomic mass is 35.5. The van der Waals surface area contributed by atoms with Gasteiger partial charge in [0.25, 0.3) is 5.56 Å². The van der Waals surface area contributed by atoms with E-state index in [0.29, 0.717) is 15.4 Å². The van der Waals surface area contributed by atoms with Crippen LogP contribution in [0.1, 0.15) is 19.8 Å². The molecule has 0 spiro atoms. The van der Waals surface area contributed by atoms with E-state index in [-0.39, 0.29) is 30.2 Å². The van der Waals surface area contributed by atoms with Crippen molar-refractivity contribution in [3.8, 4) is 0 Å². The Labute approximate surface area is 175 Å². The van der Waals surface area contributed by atoms with Crippen LogP contribution in [0, 0.1) is 0 Å². The number of hydrogen-bond acceptors (Lipinski definition) is 6. The highest BCUT2D eigenvalue weighted by molar-refractivity contribution is 7.22. The molecule has 0 radical (unpaired) electrons. The number of rotatable bonds is 5. The van der Waals surface area contributed by atoms with E-state index in [1.54, 1.807) is 31.2 Å². The van der Waals surface area contributed by atoms with Crippen molar-refractivity contribution in [2.24, 2.45) is 0 Å². The molecule has 1 N–H and O–H groups in total. The standard InChI is InChI=1S/C19H20ClN5O3S/c1-2-24-17(27)15-16(22-18(29-15)23-9-3-4-10-23)25(19(24)28)11-14(26)21-13-7-5-12(20)6-8-13/h5-8H,2-4,9-11H2,1H3,(H,21,26). The van der Waals surface area contributed by atoms with Crippen LogP contribution in [0.3, 0.4) is 0 Å². The molecule has 1 amide bonds. The molecule has 152 valence electrons. The molecule has 0 unspecified atom stereocenters. The summed E-state index contributed by atoms with van der Waals surface area (Å²) in [5.41, 5.74) is -0.0502. The summed E-state index contributed by atoms with van der Waals surface area (Å²) in [6.07, 6.45) is 2.15. The summed E-state index contributed by atoms with van der Waals surface area (Å²) < 4.78 is 2.82. The van der Waals surface area contributed by atoms with Gasteiger partial charge in [-0.1, -0.05) is 22.9 Å². The summed E-state index contributed by atoms with van der Waals surface area (Å²) in [6, 6.07) is 6.70. The smallest absolute Gasteiger partial charge is 0.333 e. The maximum absolute atomic E-state index is 12.9. The van der Waals surface area contributed by atoms with E-state index in [4.69, 9.17) is 11.6 Å². The minimum absolute atomic E-state index is 0.226. The number of carbonyl (C=O) groups excluding carboxylic acids is 1. The normalized spacial score (nSPS) is 13.9. The van der Waals surface area contributed by atoms with Crippen LogP contribution in [0.2, 0.25) is 5.02 Å². The number of nitrogens with zero attached hydrogens (tertiary/aromatic N) is 4. The molecule has 2 aromatic heterocycles. The predicted molar refractivity (Wildman–Crippen MR) is 115 cm³/mol. The van der Waals surface area contributed by atoms with Crippen LogP contribution < -0.4 is 21.5 Å². The van der Waals surface area contributed by atoms with Gasteiger partial charge < -0.3 is 10.2 Å². The third-order valence-corrected chi connectivity index (χ3v) is 6.22. The van der Waals surface area contributed by atoms with Crippen molar-refractivity contribution in [3.63, 3.8) is 0 Å². The van der Waals surface area contributed by atoms with Crippen molar-refractivity contribution in [3.05, 3.63) is 50.1 Å². The molecular weight excluding hydrogens is 414 g/mol. The van der Waals surface area contributed by atoms with E-state index < -0.39 is 5.69 Å².